The van der Waals surface area contributed by atoms with Crippen molar-refractivity contribution in [1.29, 1.82) is 0 Å². The van der Waals surface area contributed by atoms with Gasteiger partial charge in [-0.3, -0.25) is 9.59 Å². The molecular weight excluding hydrogens is 368 g/mol. The van der Waals surface area contributed by atoms with E-state index in [2.05, 4.69) is 15.4 Å². The van der Waals surface area contributed by atoms with Gasteiger partial charge < -0.3 is 15.4 Å². The summed E-state index contributed by atoms with van der Waals surface area (Å²) in [6, 6.07) is 7.93. The Hall–Kier alpha value is -3.10. The molecule has 0 aliphatic carbocycles. The first kappa shape index (κ1) is 20.2. The molecule has 0 saturated heterocycles. The lowest BCUT2D eigenvalue weighted by molar-refractivity contribution is -0.120. The number of ether oxygens (including phenoxy) is 1. The van der Waals surface area contributed by atoms with E-state index in [0.29, 0.717) is 5.56 Å². The first-order valence-electron chi connectivity index (χ1n) is 7.84. The van der Waals surface area contributed by atoms with Gasteiger partial charge >= 0.3 is 6.61 Å². The molecule has 9 heteroatoms. The van der Waals surface area contributed by atoms with Crippen molar-refractivity contribution in [3.8, 4) is 5.75 Å². The molecule has 0 radical (unpaired) electrons. The minimum atomic E-state index is -3.10. The van der Waals surface area contributed by atoms with Crippen LogP contribution < -0.4 is 15.4 Å². The third kappa shape index (κ3) is 5.70. The monoisotopic (exact) mass is 384 g/mol. The van der Waals surface area contributed by atoms with Crippen LogP contribution in [0.25, 0.3) is 0 Å². The molecule has 0 saturated carbocycles. The van der Waals surface area contributed by atoms with Gasteiger partial charge in [0.1, 0.15) is 5.75 Å². The lowest BCUT2D eigenvalue weighted by atomic mass is 10.1. The first-order valence-corrected chi connectivity index (χ1v) is 7.84. The number of benzene rings is 2. The largest absolute Gasteiger partial charge is 0.434 e. The van der Waals surface area contributed by atoms with Crippen LogP contribution in [0.2, 0.25) is 0 Å². The zero-order valence-corrected chi connectivity index (χ0v) is 14.1. The summed E-state index contributed by atoms with van der Waals surface area (Å²) in [5.74, 6) is -3.75. The van der Waals surface area contributed by atoms with Gasteiger partial charge in [0, 0.05) is 0 Å². The van der Waals surface area contributed by atoms with Crippen LogP contribution in [0.5, 0.6) is 5.75 Å². The summed E-state index contributed by atoms with van der Waals surface area (Å²) in [5, 5.41) is 4.78. The molecule has 0 aromatic heterocycles. The summed E-state index contributed by atoms with van der Waals surface area (Å²) >= 11 is 0. The molecule has 2 amide bonds. The van der Waals surface area contributed by atoms with E-state index < -0.39 is 42.6 Å². The predicted octanol–water partition coefficient (Wildman–Crippen LogP) is 3.17. The van der Waals surface area contributed by atoms with E-state index in [9.17, 15) is 27.2 Å². The normalized spacial score (nSPS) is 11.8. The van der Waals surface area contributed by atoms with Crippen LogP contribution in [0.4, 0.5) is 17.6 Å². The van der Waals surface area contributed by atoms with Crippen molar-refractivity contribution in [3.63, 3.8) is 0 Å². The molecule has 0 heterocycles. The van der Waals surface area contributed by atoms with Crippen molar-refractivity contribution in [2.45, 2.75) is 19.6 Å². The van der Waals surface area contributed by atoms with E-state index in [-0.39, 0.29) is 11.3 Å². The van der Waals surface area contributed by atoms with E-state index >= 15 is 0 Å². The number of rotatable bonds is 7. The van der Waals surface area contributed by atoms with Crippen LogP contribution in [0.3, 0.4) is 0 Å². The molecule has 1 unspecified atom stereocenters. The Morgan fingerprint density at radius 2 is 1.78 bits per heavy atom. The van der Waals surface area contributed by atoms with Gasteiger partial charge in [-0.05, 0) is 36.8 Å². The molecule has 27 heavy (non-hydrogen) atoms. The molecule has 2 aromatic rings. The van der Waals surface area contributed by atoms with Crippen LogP contribution in [0.1, 0.15) is 28.9 Å². The van der Waals surface area contributed by atoms with Crippen LogP contribution in [0, 0.1) is 11.6 Å². The maximum atomic E-state index is 13.2. The summed E-state index contributed by atoms with van der Waals surface area (Å²) in [6.07, 6.45) is 0. The molecule has 0 bridgehead atoms. The van der Waals surface area contributed by atoms with Gasteiger partial charge in [-0.25, -0.2) is 8.78 Å². The molecule has 0 aliphatic rings. The van der Waals surface area contributed by atoms with Crippen molar-refractivity contribution < 1.29 is 31.9 Å². The van der Waals surface area contributed by atoms with Crippen molar-refractivity contribution >= 4 is 11.8 Å². The van der Waals surface area contributed by atoms with E-state index in [1.165, 1.54) is 30.3 Å². The number of para-hydroxylation sites is 1. The minimum absolute atomic E-state index is 0.153. The van der Waals surface area contributed by atoms with Crippen molar-refractivity contribution in [2.24, 2.45) is 0 Å². The highest BCUT2D eigenvalue weighted by Gasteiger charge is 2.17. The van der Waals surface area contributed by atoms with Gasteiger partial charge in [-0.15, -0.1) is 0 Å². The number of nitrogens with one attached hydrogen (secondary N) is 2. The third-order valence-corrected chi connectivity index (χ3v) is 3.58. The Balaban J connectivity index is 1.93. The number of carbonyl (C=O) groups excluding carboxylic acids is 2. The second kappa shape index (κ2) is 9.02. The van der Waals surface area contributed by atoms with E-state index in [1.807, 2.05) is 0 Å². The summed E-state index contributed by atoms with van der Waals surface area (Å²) in [5.41, 5.74) is 0.184. The maximum Gasteiger partial charge on any atom is 0.387 e. The average molecular weight is 384 g/mol. The highest BCUT2D eigenvalue weighted by Crippen LogP contribution is 2.20. The molecule has 0 fully saturated rings. The number of carbonyl (C=O) groups is 2. The molecule has 5 nitrogen and oxygen atoms in total. The average Bonchev–Trinajstić information content (AvgIpc) is 2.62. The Morgan fingerprint density at radius 3 is 2.44 bits per heavy atom. The summed E-state index contributed by atoms with van der Waals surface area (Å²) < 4.78 is 55.2. The highest BCUT2D eigenvalue weighted by molar-refractivity contribution is 5.98. The van der Waals surface area contributed by atoms with Gasteiger partial charge in [-0.1, -0.05) is 18.2 Å². The fourth-order valence-corrected chi connectivity index (χ4v) is 2.27. The SMILES string of the molecule is CC(NC(=O)CNC(=O)c1ccccc1OC(F)F)c1ccc(F)c(F)c1. The van der Waals surface area contributed by atoms with E-state index in [0.717, 1.165) is 12.1 Å². The summed E-state index contributed by atoms with van der Waals surface area (Å²) in [4.78, 5) is 24.0. The Bertz CT molecular complexity index is 830. The topological polar surface area (TPSA) is 67.4 Å². The van der Waals surface area contributed by atoms with Gasteiger partial charge in [0.25, 0.3) is 5.91 Å². The van der Waals surface area contributed by atoms with Crippen LogP contribution in [0.15, 0.2) is 42.5 Å². The number of hydrogen-bond donors (Lipinski definition) is 2. The number of alkyl halides is 2. The second-order valence-electron chi connectivity index (χ2n) is 5.52. The second-order valence-corrected chi connectivity index (χ2v) is 5.52. The standard InChI is InChI=1S/C18H16F4N2O3/c1-10(11-6-7-13(19)14(20)8-11)24-16(25)9-23-17(26)12-4-2-3-5-15(12)27-18(21)22/h2-8,10,18H,9H2,1H3,(H,23,26)(H,24,25). The molecule has 2 aromatic carbocycles. The number of amides is 2. The minimum Gasteiger partial charge on any atom is -0.434 e. The zero-order valence-electron chi connectivity index (χ0n) is 14.1. The van der Waals surface area contributed by atoms with Gasteiger partial charge in [0.2, 0.25) is 5.91 Å². The summed E-state index contributed by atoms with van der Waals surface area (Å²) in [6.45, 7) is -1.99. The first-order chi connectivity index (χ1) is 12.8. The fourth-order valence-electron chi connectivity index (χ4n) is 2.27. The predicted molar refractivity (Wildman–Crippen MR) is 88.3 cm³/mol. The smallest absolute Gasteiger partial charge is 0.387 e. The van der Waals surface area contributed by atoms with Crippen LogP contribution in [-0.4, -0.2) is 25.0 Å². The van der Waals surface area contributed by atoms with Gasteiger partial charge in [-0.2, -0.15) is 8.78 Å². The third-order valence-electron chi connectivity index (χ3n) is 3.58. The molecule has 0 spiro atoms. The van der Waals surface area contributed by atoms with Crippen molar-refractivity contribution in [3.05, 3.63) is 65.2 Å². The van der Waals surface area contributed by atoms with Crippen LogP contribution >= 0.6 is 0 Å². The zero-order chi connectivity index (χ0) is 20.0. The van der Waals surface area contributed by atoms with E-state index in [4.69, 9.17) is 0 Å². The molecular formula is C18H16F4N2O3. The van der Waals surface area contributed by atoms with Gasteiger partial charge in [0.15, 0.2) is 11.6 Å². The van der Waals surface area contributed by atoms with Gasteiger partial charge in [0.05, 0.1) is 18.2 Å². The number of halogens is 4. The number of hydrogen-bond acceptors (Lipinski definition) is 3. The van der Waals surface area contributed by atoms with Crippen molar-refractivity contribution in [2.75, 3.05) is 6.54 Å². The van der Waals surface area contributed by atoms with E-state index in [1.54, 1.807) is 6.92 Å². The molecule has 1 atom stereocenters. The quantitative estimate of drug-likeness (QED) is 0.721. The lowest BCUT2D eigenvalue weighted by Crippen LogP contribution is -2.38. The fraction of sp³-hybridized carbons (Fsp3) is 0.222. The molecule has 2 rings (SSSR count). The highest BCUT2D eigenvalue weighted by atomic mass is 19.3. The molecule has 2 N–H and O–H groups in total. The Morgan fingerprint density at radius 1 is 1.07 bits per heavy atom. The maximum absolute atomic E-state index is 13.2. The molecule has 0 aliphatic heterocycles. The Labute approximate surface area is 152 Å². The summed E-state index contributed by atoms with van der Waals surface area (Å²) in [7, 11) is 0. The Kier molecular flexibility index (Phi) is 6.75. The van der Waals surface area contributed by atoms with Crippen LogP contribution in [-0.2, 0) is 4.79 Å². The lowest BCUT2D eigenvalue weighted by Gasteiger charge is -2.15. The molecule has 144 valence electrons. The van der Waals surface area contributed by atoms with Crippen molar-refractivity contribution in [1.82, 2.24) is 10.6 Å².